The summed E-state index contributed by atoms with van der Waals surface area (Å²) in [5.41, 5.74) is 7.98. The van der Waals surface area contributed by atoms with E-state index in [9.17, 15) is 0 Å². The maximum atomic E-state index is 6.05. The lowest BCUT2D eigenvalue weighted by atomic mass is 9.75. The highest BCUT2D eigenvalue weighted by molar-refractivity contribution is 6.31. The van der Waals surface area contributed by atoms with Crippen LogP contribution in [0.15, 0.2) is 12.3 Å². The Morgan fingerprint density at radius 2 is 2.11 bits per heavy atom. The van der Waals surface area contributed by atoms with Crippen LogP contribution in [0.4, 0.5) is 5.95 Å². The molecular formula is C14H19ClN4. The SMILES string of the molecule is CC1(Cn2c(N)nc3cc(Cl)cnc32)CCCCC1. The van der Waals surface area contributed by atoms with Gasteiger partial charge in [0.25, 0.3) is 0 Å². The number of nitrogens with zero attached hydrogens (tertiary/aromatic N) is 3. The molecule has 2 aromatic rings. The van der Waals surface area contributed by atoms with E-state index in [2.05, 4.69) is 16.9 Å². The van der Waals surface area contributed by atoms with Crippen molar-refractivity contribution >= 4 is 28.7 Å². The summed E-state index contributed by atoms with van der Waals surface area (Å²) >= 11 is 5.95. The molecular weight excluding hydrogens is 260 g/mol. The zero-order chi connectivity index (χ0) is 13.5. The van der Waals surface area contributed by atoms with Crippen molar-refractivity contribution in [2.24, 2.45) is 5.41 Å². The number of fused-ring (bicyclic) bond motifs is 1. The van der Waals surface area contributed by atoms with Gasteiger partial charge in [-0.3, -0.25) is 4.57 Å². The Bertz CT molecular complexity index is 599. The predicted octanol–water partition coefficient (Wildman–Crippen LogP) is 3.64. The zero-order valence-corrected chi connectivity index (χ0v) is 12.0. The number of nitrogen functional groups attached to an aromatic ring is 1. The molecule has 5 heteroatoms. The first-order chi connectivity index (χ1) is 9.07. The van der Waals surface area contributed by atoms with Crippen LogP contribution in [0.5, 0.6) is 0 Å². The zero-order valence-electron chi connectivity index (χ0n) is 11.2. The van der Waals surface area contributed by atoms with Crippen LogP contribution in [0.1, 0.15) is 39.0 Å². The lowest BCUT2D eigenvalue weighted by Crippen LogP contribution is -2.26. The van der Waals surface area contributed by atoms with E-state index in [0.29, 0.717) is 16.4 Å². The molecule has 2 heterocycles. The van der Waals surface area contributed by atoms with Gasteiger partial charge in [0.2, 0.25) is 5.95 Å². The van der Waals surface area contributed by atoms with Crippen LogP contribution in [0, 0.1) is 5.41 Å². The minimum atomic E-state index is 0.307. The van der Waals surface area contributed by atoms with Crippen LogP contribution in [0.3, 0.4) is 0 Å². The average Bonchev–Trinajstić information content (AvgIpc) is 2.65. The molecule has 0 aromatic carbocycles. The van der Waals surface area contributed by atoms with Crippen LogP contribution < -0.4 is 5.73 Å². The largest absolute Gasteiger partial charge is 0.369 e. The third-order valence-electron chi connectivity index (χ3n) is 4.18. The van der Waals surface area contributed by atoms with Gasteiger partial charge in [-0.05, 0) is 24.3 Å². The second kappa shape index (κ2) is 4.67. The second-order valence-corrected chi connectivity index (χ2v) is 6.36. The minimum absolute atomic E-state index is 0.307. The summed E-state index contributed by atoms with van der Waals surface area (Å²) in [5, 5.41) is 0.598. The van der Waals surface area contributed by atoms with Gasteiger partial charge < -0.3 is 5.73 Å². The van der Waals surface area contributed by atoms with Crippen molar-refractivity contribution in [3.05, 3.63) is 17.3 Å². The van der Waals surface area contributed by atoms with Crippen LogP contribution in [-0.4, -0.2) is 14.5 Å². The lowest BCUT2D eigenvalue weighted by molar-refractivity contribution is 0.186. The first kappa shape index (κ1) is 12.7. The Kier molecular flexibility index (Phi) is 3.13. The summed E-state index contributed by atoms with van der Waals surface area (Å²) in [5.74, 6) is 0.538. The molecule has 1 aliphatic carbocycles. The van der Waals surface area contributed by atoms with Gasteiger partial charge in [-0.1, -0.05) is 37.8 Å². The van der Waals surface area contributed by atoms with Gasteiger partial charge in [0, 0.05) is 12.7 Å². The Morgan fingerprint density at radius 3 is 2.84 bits per heavy atom. The number of hydrogen-bond donors (Lipinski definition) is 1. The summed E-state index contributed by atoms with van der Waals surface area (Å²) in [6.45, 7) is 3.23. The minimum Gasteiger partial charge on any atom is -0.369 e. The van der Waals surface area contributed by atoms with Crippen molar-refractivity contribution in [2.75, 3.05) is 5.73 Å². The molecule has 0 amide bonds. The molecule has 0 bridgehead atoms. The molecule has 0 saturated heterocycles. The standard InChI is InChI=1S/C14H19ClN4/c1-14(5-3-2-4-6-14)9-19-12-11(18-13(19)16)7-10(15)8-17-12/h7-8H,2-6,9H2,1H3,(H2,16,18). The fourth-order valence-corrected chi connectivity index (χ4v) is 3.26. The van der Waals surface area contributed by atoms with Gasteiger partial charge in [-0.15, -0.1) is 0 Å². The van der Waals surface area contributed by atoms with E-state index >= 15 is 0 Å². The molecule has 2 aromatic heterocycles. The van der Waals surface area contributed by atoms with Crippen molar-refractivity contribution in [2.45, 2.75) is 45.6 Å². The molecule has 3 rings (SSSR count). The third-order valence-corrected chi connectivity index (χ3v) is 4.39. The maximum absolute atomic E-state index is 6.05. The summed E-state index contributed by atoms with van der Waals surface area (Å²) in [6, 6.07) is 1.82. The number of aromatic nitrogens is 3. The molecule has 102 valence electrons. The number of pyridine rings is 1. The van der Waals surface area contributed by atoms with Crippen LogP contribution >= 0.6 is 11.6 Å². The molecule has 2 N–H and O–H groups in total. The van der Waals surface area contributed by atoms with E-state index in [4.69, 9.17) is 17.3 Å². The quantitative estimate of drug-likeness (QED) is 0.912. The summed E-state index contributed by atoms with van der Waals surface area (Å²) < 4.78 is 2.04. The first-order valence-electron chi connectivity index (χ1n) is 6.85. The van der Waals surface area contributed by atoms with E-state index in [-0.39, 0.29) is 0 Å². The van der Waals surface area contributed by atoms with Crippen LogP contribution in [0.2, 0.25) is 5.02 Å². The fourth-order valence-electron chi connectivity index (χ4n) is 3.10. The fraction of sp³-hybridized carbons (Fsp3) is 0.571. The maximum Gasteiger partial charge on any atom is 0.202 e. The van der Waals surface area contributed by atoms with Crippen molar-refractivity contribution in [1.29, 1.82) is 0 Å². The molecule has 0 unspecified atom stereocenters. The van der Waals surface area contributed by atoms with E-state index < -0.39 is 0 Å². The molecule has 0 spiro atoms. The smallest absolute Gasteiger partial charge is 0.202 e. The van der Waals surface area contributed by atoms with Crippen LogP contribution in [0.25, 0.3) is 11.2 Å². The van der Waals surface area contributed by atoms with Gasteiger partial charge in [-0.2, -0.15) is 0 Å². The van der Waals surface area contributed by atoms with Gasteiger partial charge in [0.15, 0.2) is 5.65 Å². The molecule has 1 fully saturated rings. The van der Waals surface area contributed by atoms with Gasteiger partial charge in [-0.25, -0.2) is 9.97 Å². The number of nitrogens with two attached hydrogens (primary N) is 1. The number of hydrogen-bond acceptors (Lipinski definition) is 3. The first-order valence-corrected chi connectivity index (χ1v) is 7.22. The average molecular weight is 279 g/mol. The van der Waals surface area contributed by atoms with E-state index in [0.717, 1.165) is 17.7 Å². The van der Waals surface area contributed by atoms with Crippen molar-refractivity contribution in [1.82, 2.24) is 14.5 Å². The topological polar surface area (TPSA) is 56.7 Å². The third kappa shape index (κ3) is 2.41. The number of halogens is 1. The Labute approximate surface area is 118 Å². The molecule has 4 nitrogen and oxygen atoms in total. The molecule has 1 saturated carbocycles. The number of imidazole rings is 1. The van der Waals surface area contributed by atoms with Crippen molar-refractivity contribution < 1.29 is 0 Å². The van der Waals surface area contributed by atoms with Crippen molar-refractivity contribution in [3.8, 4) is 0 Å². The Balaban J connectivity index is 1.98. The van der Waals surface area contributed by atoms with Gasteiger partial charge in [0.1, 0.15) is 5.52 Å². The Morgan fingerprint density at radius 1 is 1.37 bits per heavy atom. The second-order valence-electron chi connectivity index (χ2n) is 5.92. The van der Waals surface area contributed by atoms with Crippen molar-refractivity contribution in [3.63, 3.8) is 0 Å². The monoisotopic (exact) mass is 278 g/mol. The number of rotatable bonds is 2. The number of anilines is 1. The molecule has 0 aliphatic heterocycles. The summed E-state index contributed by atoms with van der Waals surface area (Å²) in [7, 11) is 0. The summed E-state index contributed by atoms with van der Waals surface area (Å²) in [4.78, 5) is 8.75. The van der Waals surface area contributed by atoms with Gasteiger partial charge >= 0.3 is 0 Å². The van der Waals surface area contributed by atoms with Gasteiger partial charge in [0.05, 0.1) is 5.02 Å². The highest BCUT2D eigenvalue weighted by atomic mass is 35.5. The van der Waals surface area contributed by atoms with E-state index in [1.807, 2.05) is 10.6 Å². The molecule has 0 atom stereocenters. The highest BCUT2D eigenvalue weighted by Gasteiger charge is 2.28. The highest BCUT2D eigenvalue weighted by Crippen LogP contribution is 2.38. The summed E-state index contributed by atoms with van der Waals surface area (Å²) in [6.07, 6.45) is 8.12. The molecule has 19 heavy (non-hydrogen) atoms. The van der Waals surface area contributed by atoms with Crippen LogP contribution in [-0.2, 0) is 6.54 Å². The van der Waals surface area contributed by atoms with E-state index in [1.54, 1.807) is 6.20 Å². The molecule has 0 radical (unpaired) electrons. The Hall–Kier alpha value is -1.29. The normalized spacial score (nSPS) is 18.8. The predicted molar refractivity (Wildman–Crippen MR) is 78.1 cm³/mol. The molecule has 1 aliphatic rings. The van der Waals surface area contributed by atoms with E-state index in [1.165, 1.54) is 32.1 Å². The lowest BCUT2D eigenvalue weighted by Gasteiger charge is -2.34.